The molecule has 26 heavy (non-hydrogen) atoms. The number of nitrogens with zero attached hydrogens (tertiary/aromatic N) is 3. The number of halogens is 2. The summed E-state index contributed by atoms with van der Waals surface area (Å²) in [4.78, 5) is 7.35. The van der Waals surface area contributed by atoms with E-state index >= 15 is 0 Å². The van der Waals surface area contributed by atoms with Crippen molar-refractivity contribution < 1.29 is 4.39 Å². The minimum absolute atomic E-state index is 0. The third-order valence-corrected chi connectivity index (χ3v) is 4.10. The largest absolute Gasteiger partial charge is 0.361 e. The number of rotatable bonds is 6. The lowest BCUT2D eigenvalue weighted by molar-refractivity contribution is 0.629. The summed E-state index contributed by atoms with van der Waals surface area (Å²) in [5.41, 5.74) is 3.18. The van der Waals surface area contributed by atoms with Crippen LogP contribution in [0.4, 0.5) is 4.39 Å². The number of hydrogen-bond donors (Lipinski definition) is 3. The van der Waals surface area contributed by atoms with Crippen molar-refractivity contribution in [2.24, 2.45) is 12.0 Å². The highest BCUT2D eigenvalue weighted by Crippen LogP contribution is 2.19. The molecule has 0 unspecified atom stereocenters. The number of aromatic amines is 1. The van der Waals surface area contributed by atoms with Gasteiger partial charge in [0.2, 0.25) is 0 Å². The quantitative estimate of drug-likeness (QED) is 0.295. The Hall–Kier alpha value is -2.10. The van der Waals surface area contributed by atoms with Crippen LogP contribution in [0.15, 0.2) is 41.8 Å². The van der Waals surface area contributed by atoms with E-state index in [4.69, 9.17) is 0 Å². The molecule has 0 radical (unpaired) electrons. The molecular weight excluding hydrogens is 446 g/mol. The molecule has 0 amide bonds. The zero-order chi connectivity index (χ0) is 17.6. The van der Waals surface area contributed by atoms with E-state index in [1.807, 2.05) is 31.7 Å². The zero-order valence-corrected chi connectivity index (χ0v) is 17.3. The van der Waals surface area contributed by atoms with Crippen LogP contribution in [0.5, 0.6) is 0 Å². The molecule has 3 N–H and O–H groups in total. The average molecular weight is 470 g/mol. The molecule has 0 aliphatic heterocycles. The van der Waals surface area contributed by atoms with Crippen molar-refractivity contribution in [3.05, 3.63) is 53.7 Å². The minimum atomic E-state index is -0.225. The first kappa shape index (κ1) is 20.2. The fraction of sp³-hybridized carbons (Fsp3) is 0.333. The maximum atomic E-state index is 13.2. The SMILES string of the molecule is CN=C(NCCc1cnn(C)c1)NCCc1c[nH]c2cc(F)ccc12.I. The summed E-state index contributed by atoms with van der Waals surface area (Å²) < 4.78 is 15.0. The molecule has 0 fully saturated rings. The maximum Gasteiger partial charge on any atom is 0.190 e. The summed E-state index contributed by atoms with van der Waals surface area (Å²) in [5, 5.41) is 11.8. The number of H-pyrrole nitrogens is 1. The van der Waals surface area contributed by atoms with Gasteiger partial charge in [-0.05, 0) is 42.2 Å². The Bertz CT molecular complexity index is 870. The molecule has 6 nitrogen and oxygen atoms in total. The van der Waals surface area contributed by atoms with E-state index in [0.717, 1.165) is 48.4 Å². The van der Waals surface area contributed by atoms with E-state index in [1.54, 1.807) is 11.7 Å². The lowest BCUT2D eigenvalue weighted by Crippen LogP contribution is -2.39. The van der Waals surface area contributed by atoms with Gasteiger partial charge >= 0.3 is 0 Å². The molecule has 1 aromatic carbocycles. The van der Waals surface area contributed by atoms with Crippen molar-refractivity contribution in [1.29, 1.82) is 0 Å². The monoisotopic (exact) mass is 470 g/mol. The van der Waals surface area contributed by atoms with Crippen LogP contribution in [0.1, 0.15) is 11.1 Å². The van der Waals surface area contributed by atoms with Gasteiger partial charge in [-0.2, -0.15) is 5.10 Å². The van der Waals surface area contributed by atoms with Crippen LogP contribution >= 0.6 is 24.0 Å². The van der Waals surface area contributed by atoms with E-state index in [1.165, 1.54) is 17.7 Å². The molecule has 3 rings (SSSR count). The molecule has 2 aromatic heterocycles. The highest BCUT2D eigenvalue weighted by atomic mass is 127. The van der Waals surface area contributed by atoms with Crippen molar-refractivity contribution in [2.45, 2.75) is 12.8 Å². The summed E-state index contributed by atoms with van der Waals surface area (Å²) in [5.74, 6) is 0.548. The number of aliphatic imine (C=N–C) groups is 1. The van der Waals surface area contributed by atoms with Gasteiger partial charge in [0.15, 0.2) is 5.96 Å². The second-order valence-electron chi connectivity index (χ2n) is 5.95. The van der Waals surface area contributed by atoms with Crippen LogP contribution in [0, 0.1) is 5.82 Å². The summed E-state index contributed by atoms with van der Waals surface area (Å²) in [7, 11) is 3.67. The number of guanidine groups is 1. The topological polar surface area (TPSA) is 70.0 Å². The van der Waals surface area contributed by atoms with Gasteiger partial charge in [-0.3, -0.25) is 9.67 Å². The summed E-state index contributed by atoms with van der Waals surface area (Å²) in [6, 6.07) is 4.83. The van der Waals surface area contributed by atoms with Crippen LogP contribution in [-0.4, -0.2) is 40.9 Å². The van der Waals surface area contributed by atoms with Gasteiger partial charge in [0, 0.05) is 50.5 Å². The molecule has 0 saturated carbocycles. The zero-order valence-electron chi connectivity index (χ0n) is 14.9. The molecule has 0 aliphatic carbocycles. The van der Waals surface area contributed by atoms with Crippen LogP contribution in [0.3, 0.4) is 0 Å². The second-order valence-corrected chi connectivity index (χ2v) is 5.95. The fourth-order valence-electron chi connectivity index (χ4n) is 2.83. The summed E-state index contributed by atoms with van der Waals surface area (Å²) in [6.45, 7) is 1.54. The first-order valence-electron chi connectivity index (χ1n) is 8.33. The molecular formula is C18H24FIN6. The van der Waals surface area contributed by atoms with Gasteiger partial charge in [-0.25, -0.2) is 4.39 Å². The lowest BCUT2D eigenvalue weighted by atomic mass is 10.1. The molecule has 0 bridgehead atoms. The number of fused-ring (bicyclic) bond motifs is 1. The molecule has 8 heteroatoms. The van der Waals surface area contributed by atoms with Crippen LogP contribution < -0.4 is 10.6 Å². The number of nitrogens with one attached hydrogen (secondary N) is 3. The van der Waals surface area contributed by atoms with Gasteiger partial charge in [0.25, 0.3) is 0 Å². The molecule has 0 saturated heterocycles. The molecule has 2 heterocycles. The third kappa shape index (κ3) is 5.20. The van der Waals surface area contributed by atoms with Gasteiger partial charge in [-0.1, -0.05) is 0 Å². The second kappa shape index (κ2) is 9.56. The normalized spacial score (nSPS) is 11.4. The Balaban J connectivity index is 0.00000243. The van der Waals surface area contributed by atoms with Crippen molar-refractivity contribution in [3.8, 4) is 0 Å². The number of aryl methyl sites for hydroxylation is 1. The maximum absolute atomic E-state index is 13.2. The Morgan fingerprint density at radius 1 is 1.27 bits per heavy atom. The Morgan fingerprint density at radius 2 is 2.04 bits per heavy atom. The number of hydrogen-bond acceptors (Lipinski definition) is 2. The van der Waals surface area contributed by atoms with Crippen LogP contribution in [-0.2, 0) is 19.9 Å². The highest BCUT2D eigenvalue weighted by molar-refractivity contribution is 14.0. The first-order chi connectivity index (χ1) is 12.2. The van der Waals surface area contributed by atoms with Crippen molar-refractivity contribution in [2.75, 3.05) is 20.1 Å². The fourth-order valence-corrected chi connectivity index (χ4v) is 2.83. The molecule has 3 aromatic rings. The first-order valence-corrected chi connectivity index (χ1v) is 8.33. The van der Waals surface area contributed by atoms with Crippen LogP contribution in [0.2, 0.25) is 0 Å². The molecule has 0 spiro atoms. The lowest BCUT2D eigenvalue weighted by Gasteiger charge is -2.11. The van der Waals surface area contributed by atoms with E-state index in [9.17, 15) is 4.39 Å². The van der Waals surface area contributed by atoms with E-state index in [2.05, 4.69) is 25.7 Å². The van der Waals surface area contributed by atoms with Crippen LogP contribution in [0.25, 0.3) is 10.9 Å². The van der Waals surface area contributed by atoms with Gasteiger partial charge < -0.3 is 15.6 Å². The smallest absolute Gasteiger partial charge is 0.190 e. The predicted octanol–water partition coefficient (Wildman–Crippen LogP) is 2.61. The standard InChI is InChI=1S/C18H23FN6.HI/c1-20-18(21-7-5-13-10-24-25(2)12-13)22-8-6-14-11-23-17-9-15(19)3-4-16(14)17;/h3-4,9-12,23H,5-8H2,1-2H3,(H2,20,21,22);1H. The average Bonchev–Trinajstić information content (AvgIpc) is 3.19. The predicted molar refractivity (Wildman–Crippen MR) is 114 cm³/mol. The van der Waals surface area contributed by atoms with Gasteiger partial charge in [0.05, 0.1) is 6.20 Å². The highest BCUT2D eigenvalue weighted by Gasteiger charge is 2.05. The third-order valence-electron chi connectivity index (χ3n) is 4.10. The van der Waals surface area contributed by atoms with E-state index < -0.39 is 0 Å². The van der Waals surface area contributed by atoms with E-state index in [-0.39, 0.29) is 29.8 Å². The molecule has 0 atom stereocenters. The van der Waals surface area contributed by atoms with E-state index in [0.29, 0.717) is 0 Å². The summed E-state index contributed by atoms with van der Waals surface area (Å²) >= 11 is 0. The van der Waals surface area contributed by atoms with Crippen molar-refractivity contribution in [1.82, 2.24) is 25.4 Å². The molecule has 0 aliphatic rings. The Labute approximate surface area is 169 Å². The summed E-state index contributed by atoms with van der Waals surface area (Å²) in [6.07, 6.45) is 7.54. The van der Waals surface area contributed by atoms with Crippen molar-refractivity contribution in [3.63, 3.8) is 0 Å². The number of benzene rings is 1. The van der Waals surface area contributed by atoms with Gasteiger partial charge in [-0.15, -0.1) is 24.0 Å². The van der Waals surface area contributed by atoms with Gasteiger partial charge in [0.1, 0.15) is 5.82 Å². The van der Waals surface area contributed by atoms with Crippen molar-refractivity contribution >= 4 is 40.8 Å². The number of aromatic nitrogens is 3. The minimum Gasteiger partial charge on any atom is -0.361 e. The Morgan fingerprint density at radius 3 is 2.73 bits per heavy atom. The Kier molecular flexibility index (Phi) is 7.43. The molecule has 140 valence electrons.